The normalized spacial score (nSPS) is 10.0. The molecule has 0 radical (unpaired) electrons. The average molecular weight is 92.1 g/mol. The van der Waals surface area contributed by atoms with E-state index in [2.05, 4.69) is 0 Å². The molecule has 0 atom stereocenters. The molecule has 0 aliphatic rings. The maximum atomic E-state index is 8.14. The van der Waals surface area contributed by atoms with Gasteiger partial charge in [-0.2, -0.15) is 0 Å². The minimum absolute atomic E-state index is 0.358. The van der Waals surface area contributed by atoms with Crippen LogP contribution in [0.3, 0.4) is 0 Å². The average Bonchev–Trinajstić information content (AvgIpc) is 1.65. The summed E-state index contributed by atoms with van der Waals surface area (Å²) in [6, 6.07) is 0. The van der Waals surface area contributed by atoms with Crippen LogP contribution in [0, 0.1) is 0 Å². The van der Waals surface area contributed by atoms with Gasteiger partial charge in [0.2, 0.25) is 0 Å². The minimum Gasteiger partial charge on any atom is -0.300 e. The van der Waals surface area contributed by atoms with E-state index in [0.717, 1.165) is 0 Å². The second kappa shape index (κ2) is 3.05. The molecule has 38 valence electrons. The summed E-state index contributed by atoms with van der Waals surface area (Å²) in [5.74, 6) is 0. The van der Waals surface area contributed by atoms with Gasteiger partial charge in [-0.3, -0.25) is 10.4 Å². The molecule has 4 heteroatoms. The highest BCUT2D eigenvalue weighted by atomic mass is 16.7. The Morgan fingerprint density at radius 2 is 2.33 bits per heavy atom. The fourth-order valence-corrected chi connectivity index (χ4v) is 0.0707. The van der Waals surface area contributed by atoms with Crippen molar-refractivity contribution in [1.82, 2.24) is 10.8 Å². The lowest BCUT2D eigenvalue weighted by molar-refractivity contribution is -0.213. The highest BCUT2D eigenvalue weighted by molar-refractivity contribution is 4.11. The van der Waals surface area contributed by atoms with E-state index in [1.165, 1.54) is 5.59 Å². The van der Waals surface area contributed by atoms with Gasteiger partial charge in [-0.1, -0.05) is 0 Å². The Bertz CT molecular complexity index is 28.7. The molecular weight excluding hydrogens is 84.0 g/mol. The molecule has 6 heavy (non-hydrogen) atoms. The van der Waals surface area contributed by atoms with Crippen LogP contribution in [0.2, 0.25) is 0 Å². The number of hydrazine groups is 1. The smallest absolute Gasteiger partial charge is 0.0393 e. The van der Waals surface area contributed by atoms with E-state index in [4.69, 9.17) is 10.4 Å². The first-order valence-corrected chi connectivity index (χ1v) is 1.67. The first-order chi connectivity index (χ1) is 2.81. The molecule has 3 N–H and O–H groups in total. The van der Waals surface area contributed by atoms with Crippen molar-refractivity contribution in [2.75, 3.05) is 6.54 Å². The third-order valence-electron chi connectivity index (χ3n) is 0.415. The zero-order chi connectivity index (χ0) is 4.99. The maximum absolute atomic E-state index is 8.14. The van der Waals surface area contributed by atoms with Gasteiger partial charge in [0.05, 0.1) is 0 Å². The molecule has 0 spiro atoms. The largest absolute Gasteiger partial charge is 0.300 e. The summed E-state index contributed by atoms with van der Waals surface area (Å²) in [4.78, 5) is 0. The van der Waals surface area contributed by atoms with Crippen molar-refractivity contribution in [1.29, 1.82) is 0 Å². The Balaban J connectivity index is 2.75. The van der Waals surface area contributed by atoms with E-state index in [1.807, 2.05) is 0 Å². The molecule has 0 saturated heterocycles. The number of nitrogens with zero attached hydrogens (tertiary/aromatic N) is 1. The van der Waals surface area contributed by atoms with Gasteiger partial charge < -0.3 is 0 Å². The van der Waals surface area contributed by atoms with Gasteiger partial charge in [0, 0.05) is 6.54 Å². The van der Waals surface area contributed by atoms with Crippen molar-refractivity contribution >= 4 is 0 Å². The van der Waals surface area contributed by atoms with Crippen LogP contribution in [0.15, 0.2) is 0 Å². The molecule has 0 rings (SSSR count). The first kappa shape index (κ1) is 5.84. The molecule has 0 bridgehead atoms. The summed E-state index contributed by atoms with van der Waals surface area (Å²) in [5.41, 5.74) is 1.50. The molecule has 0 aromatic heterocycles. The Morgan fingerprint density at radius 3 is 2.33 bits per heavy atom. The Morgan fingerprint density at radius 1 is 1.83 bits per heavy atom. The van der Waals surface area contributed by atoms with Gasteiger partial charge in [0.25, 0.3) is 0 Å². The van der Waals surface area contributed by atoms with Crippen molar-refractivity contribution in [3.8, 4) is 0 Å². The number of hydrogen-bond acceptors (Lipinski definition) is 4. The molecule has 0 aromatic carbocycles. The maximum Gasteiger partial charge on any atom is 0.0393 e. The number of hydrogen-bond donors (Lipinski definition) is 3. The van der Waals surface area contributed by atoms with Crippen LogP contribution < -0.4 is 5.59 Å². The van der Waals surface area contributed by atoms with E-state index in [-0.39, 0.29) is 0 Å². The van der Waals surface area contributed by atoms with Crippen molar-refractivity contribution in [2.24, 2.45) is 0 Å². The Kier molecular flexibility index (Phi) is 2.97. The second-order valence-electron chi connectivity index (χ2n) is 0.816. The number of rotatable bonds is 2. The lowest BCUT2D eigenvalue weighted by Crippen LogP contribution is -2.31. The van der Waals surface area contributed by atoms with E-state index < -0.39 is 0 Å². The highest BCUT2D eigenvalue weighted by Gasteiger charge is 1.84. The number of nitrogens with one attached hydrogen (secondary N) is 1. The van der Waals surface area contributed by atoms with Crippen molar-refractivity contribution in [3.63, 3.8) is 0 Å². The van der Waals surface area contributed by atoms with Crippen LogP contribution in [0.4, 0.5) is 0 Å². The summed E-state index contributed by atoms with van der Waals surface area (Å²) in [6.07, 6.45) is 0. The zero-order valence-electron chi connectivity index (χ0n) is 3.55. The molecular formula is C2H8N2O2. The lowest BCUT2D eigenvalue weighted by Gasteiger charge is -2.04. The third-order valence-corrected chi connectivity index (χ3v) is 0.415. The monoisotopic (exact) mass is 92.1 g/mol. The molecule has 0 unspecified atom stereocenters. The highest BCUT2D eigenvalue weighted by Crippen LogP contribution is 1.63. The fourth-order valence-electron chi connectivity index (χ4n) is 0.0707. The predicted molar refractivity (Wildman–Crippen MR) is 19.1 cm³/mol. The molecule has 0 aliphatic heterocycles. The molecule has 0 amide bonds. The fraction of sp³-hybridized carbons (Fsp3) is 1.00. The molecule has 0 aliphatic carbocycles. The summed E-state index contributed by atoms with van der Waals surface area (Å²) in [5, 5.41) is 16.5. The summed E-state index contributed by atoms with van der Waals surface area (Å²) in [7, 11) is 0. The Hall–Kier alpha value is -0.160. The van der Waals surface area contributed by atoms with E-state index >= 15 is 0 Å². The quantitative estimate of drug-likeness (QED) is 0.405. The first-order valence-electron chi connectivity index (χ1n) is 1.67. The van der Waals surface area contributed by atoms with E-state index in [9.17, 15) is 0 Å². The van der Waals surface area contributed by atoms with Gasteiger partial charge in [0.15, 0.2) is 0 Å². The van der Waals surface area contributed by atoms with Gasteiger partial charge in [0.1, 0.15) is 0 Å². The molecule has 0 heterocycles. The van der Waals surface area contributed by atoms with Crippen LogP contribution in [0.25, 0.3) is 0 Å². The number of hydroxylamine groups is 1. The summed E-state index contributed by atoms with van der Waals surface area (Å²) >= 11 is 0. The molecule has 4 nitrogen and oxygen atoms in total. The van der Waals surface area contributed by atoms with Crippen molar-refractivity contribution < 1.29 is 10.4 Å². The van der Waals surface area contributed by atoms with Gasteiger partial charge in [-0.25, -0.2) is 0 Å². The Labute approximate surface area is 35.9 Å². The van der Waals surface area contributed by atoms with Crippen LogP contribution >= 0.6 is 0 Å². The minimum atomic E-state index is 0.358. The van der Waals surface area contributed by atoms with E-state index in [1.54, 1.807) is 6.92 Å². The SMILES string of the molecule is CCN(O)NO. The van der Waals surface area contributed by atoms with Gasteiger partial charge in [-0.15, -0.1) is 10.8 Å². The second-order valence-corrected chi connectivity index (χ2v) is 0.816. The summed E-state index contributed by atoms with van der Waals surface area (Å²) < 4.78 is 0. The predicted octanol–water partition coefficient (Wildman–Crippen LogP) is -0.409. The third kappa shape index (κ3) is 2.10. The van der Waals surface area contributed by atoms with Gasteiger partial charge >= 0.3 is 0 Å². The van der Waals surface area contributed by atoms with Crippen LogP contribution in [-0.4, -0.2) is 22.1 Å². The van der Waals surface area contributed by atoms with Crippen LogP contribution in [-0.2, 0) is 0 Å². The molecule has 0 fully saturated rings. The van der Waals surface area contributed by atoms with E-state index in [0.29, 0.717) is 11.7 Å². The molecule has 0 aromatic rings. The van der Waals surface area contributed by atoms with Crippen LogP contribution in [0.5, 0.6) is 0 Å². The standard InChI is InChI=1S/C2H8N2O2/c1-2-4(6)3-5/h3,5-6H,2H2,1H3. The van der Waals surface area contributed by atoms with Crippen molar-refractivity contribution in [3.05, 3.63) is 0 Å². The van der Waals surface area contributed by atoms with Crippen LogP contribution in [0.1, 0.15) is 6.92 Å². The lowest BCUT2D eigenvalue weighted by atomic mass is 10.8. The summed E-state index contributed by atoms with van der Waals surface area (Å²) in [6.45, 7) is 2.04. The molecule has 0 saturated carbocycles. The zero-order valence-corrected chi connectivity index (χ0v) is 3.55. The van der Waals surface area contributed by atoms with Crippen molar-refractivity contribution in [2.45, 2.75) is 6.92 Å². The topological polar surface area (TPSA) is 55.7 Å². The van der Waals surface area contributed by atoms with Gasteiger partial charge in [-0.05, 0) is 6.92 Å².